The highest BCUT2D eigenvalue weighted by atomic mass is 35.5. The van der Waals surface area contributed by atoms with E-state index in [9.17, 15) is 14.0 Å². The maximum Gasteiger partial charge on any atom is 0.261 e. The second kappa shape index (κ2) is 10.3. The summed E-state index contributed by atoms with van der Waals surface area (Å²) in [7, 11) is 0. The van der Waals surface area contributed by atoms with Crippen LogP contribution in [0.2, 0.25) is 10.0 Å². The van der Waals surface area contributed by atoms with Crippen LogP contribution in [0.15, 0.2) is 42.5 Å². The molecule has 0 aliphatic heterocycles. The first-order chi connectivity index (χ1) is 13.3. The van der Waals surface area contributed by atoms with Gasteiger partial charge in [-0.1, -0.05) is 41.4 Å². The minimum Gasteiger partial charge on any atom is -0.481 e. The number of halogens is 3. The zero-order valence-electron chi connectivity index (χ0n) is 15.5. The minimum absolute atomic E-state index is 0.0102. The third kappa shape index (κ3) is 5.59. The van der Waals surface area contributed by atoms with Crippen molar-refractivity contribution in [2.75, 3.05) is 13.2 Å². The van der Waals surface area contributed by atoms with Crippen LogP contribution >= 0.6 is 23.2 Å². The summed E-state index contributed by atoms with van der Waals surface area (Å²) in [6.07, 6.45) is 0. The largest absolute Gasteiger partial charge is 0.481 e. The van der Waals surface area contributed by atoms with Gasteiger partial charge >= 0.3 is 0 Å². The summed E-state index contributed by atoms with van der Waals surface area (Å²) in [6.45, 7) is 3.37. The first-order valence-corrected chi connectivity index (χ1v) is 9.48. The number of amides is 2. The van der Waals surface area contributed by atoms with E-state index in [2.05, 4.69) is 5.32 Å². The summed E-state index contributed by atoms with van der Waals surface area (Å²) >= 11 is 12.4. The van der Waals surface area contributed by atoms with Crippen LogP contribution in [-0.2, 0) is 16.1 Å². The molecule has 1 N–H and O–H groups in total. The zero-order chi connectivity index (χ0) is 20.7. The standard InChI is InChI=1S/C20H21Cl2FN2O3/c1-3-24-20(27)13(2)25(11-14-15(21)7-6-8-16(14)22)19(26)12-28-18-10-5-4-9-17(18)23/h4-10,13H,3,11-12H2,1-2H3,(H,24,27)/t13-/m0/s1. The van der Waals surface area contributed by atoms with Crippen LogP contribution < -0.4 is 10.1 Å². The van der Waals surface area contributed by atoms with E-state index in [1.165, 1.54) is 23.1 Å². The van der Waals surface area contributed by atoms with Gasteiger partial charge in [-0.25, -0.2) is 4.39 Å². The lowest BCUT2D eigenvalue weighted by atomic mass is 10.1. The number of para-hydroxylation sites is 1. The fraction of sp³-hybridized carbons (Fsp3) is 0.300. The average Bonchev–Trinajstić information content (AvgIpc) is 2.66. The predicted octanol–water partition coefficient (Wildman–Crippen LogP) is 4.06. The van der Waals surface area contributed by atoms with Gasteiger partial charge in [-0.05, 0) is 38.1 Å². The molecule has 0 fully saturated rings. The van der Waals surface area contributed by atoms with E-state index in [1.54, 1.807) is 38.1 Å². The third-order valence-corrected chi connectivity index (χ3v) is 4.80. The Bertz CT molecular complexity index is 828. The molecule has 0 radical (unpaired) electrons. The number of nitrogens with one attached hydrogen (secondary N) is 1. The van der Waals surface area contributed by atoms with Crippen LogP contribution in [0.5, 0.6) is 5.75 Å². The van der Waals surface area contributed by atoms with Crippen molar-refractivity contribution in [3.05, 3.63) is 63.9 Å². The van der Waals surface area contributed by atoms with Gasteiger partial charge in [0.2, 0.25) is 5.91 Å². The highest BCUT2D eigenvalue weighted by Crippen LogP contribution is 2.26. The molecule has 28 heavy (non-hydrogen) atoms. The Morgan fingerprint density at radius 3 is 2.39 bits per heavy atom. The fourth-order valence-corrected chi connectivity index (χ4v) is 3.06. The van der Waals surface area contributed by atoms with Crippen molar-refractivity contribution < 1.29 is 18.7 Å². The summed E-state index contributed by atoms with van der Waals surface area (Å²) in [5.41, 5.74) is 0.515. The first kappa shape index (κ1) is 22.0. The van der Waals surface area contributed by atoms with Crippen LogP contribution in [-0.4, -0.2) is 35.9 Å². The molecule has 8 heteroatoms. The summed E-state index contributed by atoms with van der Waals surface area (Å²) in [5.74, 6) is -1.45. The van der Waals surface area contributed by atoms with Crippen LogP contribution in [0.1, 0.15) is 19.4 Å². The highest BCUT2D eigenvalue weighted by Gasteiger charge is 2.27. The summed E-state index contributed by atoms with van der Waals surface area (Å²) in [5, 5.41) is 3.44. The van der Waals surface area contributed by atoms with Gasteiger partial charge in [-0.3, -0.25) is 9.59 Å². The van der Waals surface area contributed by atoms with E-state index >= 15 is 0 Å². The molecule has 1 atom stereocenters. The van der Waals surface area contributed by atoms with Gasteiger partial charge in [-0.15, -0.1) is 0 Å². The summed E-state index contributed by atoms with van der Waals surface area (Å²) < 4.78 is 19.0. The molecule has 0 aliphatic carbocycles. The number of benzene rings is 2. The number of carbonyl (C=O) groups is 2. The predicted molar refractivity (Wildman–Crippen MR) is 107 cm³/mol. The lowest BCUT2D eigenvalue weighted by molar-refractivity contribution is -0.142. The molecule has 0 saturated heterocycles. The van der Waals surface area contributed by atoms with Crippen LogP contribution in [0.4, 0.5) is 4.39 Å². The topological polar surface area (TPSA) is 58.6 Å². The monoisotopic (exact) mass is 426 g/mol. The van der Waals surface area contributed by atoms with Gasteiger partial charge in [0.05, 0.1) is 0 Å². The van der Waals surface area contributed by atoms with Crippen molar-refractivity contribution in [2.45, 2.75) is 26.4 Å². The SMILES string of the molecule is CCNC(=O)[C@H](C)N(Cc1c(Cl)cccc1Cl)C(=O)COc1ccccc1F. The van der Waals surface area contributed by atoms with Gasteiger partial charge in [0.1, 0.15) is 6.04 Å². The van der Waals surface area contributed by atoms with E-state index < -0.39 is 24.4 Å². The fourth-order valence-electron chi connectivity index (χ4n) is 2.54. The maximum absolute atomic E-state index is 13.7. The molecule has 2 amide bonds. The van der Waals surface area contributed by atoms with E-state index in [0.29, 0.717) is 22.2 Å². The second-order valence-corrected chi connectivity index (χ2v) is 6.83. The lowest BCUT2D eigenvalue weighted by Crippen LogP contribution is -2.49. The zero-order valence-corrected chi connectivity index (χ0v) is 17.1. The Morgan fingerprint density at radius 2 is 1.79 bits per heavy atom. The summed E-state index contributed by atoms with van der Waals surface area (Å²) in [6, 6.07) is 9.96. The molecule has 0 spiro atoms. The van der Waals surface area contributed by atoms with E-state index in [0.717, 1.165) is 0 Å². The van der Waals surface area contributed by atoms with Crippen LogP contribution in [0.3, 0.4) is 0 Å². The maximum atomic E-state index is 13.7. The number of hydrogen-bond donors (Lipinski definition) is 1. The van der Waals surface area contributed by atoms with E-state index in [1.807, 2.05) is 0 Å². The molecule has 150 valence electrons. The molecule has 0 heterocycles. The molecule has 5 nitrogen and oxygen atoms in total. The normalized spacial score (nSPS) is 11.6. The molecule has 0 saturated carbocycles. The number of hydrogen-bond acceptors (Lipinski definition) is 3. The van der Waals surface area contributed by atoms with Crippen LogP contribution in [0.25, 0.3) is 0 Å². The van der Waals surface area contributed by atoms with Crippen molar-refractivity contribution >= 4 is 35.0 Å². The molecule has 2 rings (SSSR count). The van der Waals surface area contributed by atoms with Crippen molar-refractivity contribution in [3.8, 4) is 5.75 Å². The minimum atomic E-state index is -0.802. The van der Waals surface area contributed by atoms with Gasteiger partial charge in [0.25, 0.3) is 5.91 Å². The molecule has 0 unspecified atom stereocenters. The Labute approximate surface area is 173 Å². The van der Waals surface area contributed by atoms with Crippen molar-refractivity contribution in [3.63, 3.8) is 0 Å². The molecule has 2 aromatic rings. The highest BCUT2D eigenvalue weighted by molar-refractivity contribution is 6.36. The molecule has 0 aliphatic rings. The van der Waals surface area contributed by atoms with Gasteiger partial charge in [0.15, 0.2) is 18.2 Å². The van der Waals surface area contributed by atoms with Crippen LogP contribution in [0, 0.1) is 5.82 Å². The number of rotatable bonds is 8. The summed E-state index contributed by atoms with van der Waals surface area (Å²) in [4.78, 5) is 26.4. The average molecular weight is 427 g/mol. The molecular formula is C20H21Cl2FN2O3. The second-order valence-electron chi connectivity index (χ2n) is 6.01. The molecule has 0 bridgehead atoms. The Balaban J connectivity index is 2.23. The Kier molecular flexibility index (Phi) is 8.08. The van der Waals surface area contributed by atoms with Gasteiger partial charge in [-0.2, -0.15) is 0 Å². The lowest BCUT2D eigenvalue weighted by Gasteiger charge is -2.29. The van der Waals surface area contributed by atoms with Crippen molar-refractivity contribution in [1.82, 2.24) is 10.2 Å². The van der Waals surface area contributed by atoms with Gasteiger partial charge in [0, 0.05) is 28.7 Å². The van der Waals surface area contributed by atoms with E-state index in [4.69, 9.17) is 27.9 Å². The molecule has 0 aromatic heterocycles. The Morgan fingerprint density at radius 1 is 1.14 bits per heavy atom. The quantitative estimate of drug-likeness (QED) is 0.691. The first-order valence-electron chi connectivity index (χ1n) is 8.72. The molecular weight excluding hydrogens is 406 g/mol. The van der Waals surface area contributed by atoms with Gasteiger partial charge < -0.3 is 15.0 Å². The number of ether oxygens (including phenoxy) is 1. The number of nitrogens with zero attached hydrogens (tertiary/aromatic N) is 1. The molecule has 2 aromatic carbocycles. The smallest absolute Gasteiger partial charge is 0.261 e. The van der Waals surface area contributed by atoms with E-state index in [-0.39, 0.29) is 18.2 Å². The number of likely N-dealkylation sites (N-methyl/N-ethyl adjacent to an activating group) is 1. The number of carbonyl (C=O) groups excluding carboxylic acids is 2. The third-order valence-electron chi connectivity index (χ3n) is 4.10. The van der Waals surface area contributed by atoms with Crippen molar-refractivity contribution in [2.24, 2.45) is 0 Å². The van der Waals surface area contributed by atoms with Crippen molar-refractivity contribution in [1.29, 1.82) is 0 Å². The Hall–Kier alpha value is -2.31.